The number of rotatable bonds is 12. The smallest absolute Gasteiger partial charge is 0.261 e. The molecule has 0 unspecified atom stereocenters. The average Bonchev–Trinajstić information content (AvgIpc) is 3.09. The normalized spacial score (nSPS) is 18.3. The molecule has 1 aliphatic rings. The Labute approximate surface area is 271 Å². The van der Waals surface area contributed by atoms with Gasteiger partial charge in [-0.15, -0.1) is 0 Å². The number of benzene rings is 5. The van der Waals surface area contributed by atoms with Gasteiger partial charge in [-0.3, -0.25) is 9.62 Å². The zero-order valence-electron chi connectivity index (χ0n) is 25.5. The van der Waals surface area contributed by atoms with Crippen molar-refractivity contribution in [1.82, 2.24) is 4.90 Å². The molecule has 0 amide bonds. The number of nitrogens with one attached hydrogen (secondary N) is 1. The van der Waals surface area contributed by atoms with Crippen molar-refractivity contribution in [3.63, 3.8) is 0 Å². The van der Waals surface area contributed by atoms with Crippen molar-refractivity contribution in [1.29, 1.82) is 0 Å². The van der Waals surface area contributed by atoms with E-state index >= 15 is 0 Å². The second-order valence-corrected chi connectivity index (χ2v) is 13.2. The molecule has 0 aliphatic carbocycles. The lowest BCUT2D eigenvalue weighted by Gasteiger charge is -2.38. The monoisotopic (exact) mass is 634 g/mol. The molecule has 6 rings (SSSR count). The van der Waals surface area contributed by atoms with E-state index < -0.39 is 16.3 Å². The van der Waals surface area contributed by atoms with Crippen LogP contribution in [0.4, 0.5) is 5.69 Å². The summed E-state index contributed by atoms with van der Waals surface area (Å²) < 4.78 is 42.0. The lowest BCUT2D eigenvalue weighted by molar-refractivity contribution is -0.253. The molecule has 5 aromatic rings. The van der Waals surface area contributed by atoms with Crippen molar-refractivity contribution in [2.75, 3.05) is 11.3 Å². The molecular formula is C38H38N2O5S. The molecule has 0 saturated carbocycles. The Morgan fingerprint density at radius 2 is 1.28 bits per heavy atom. The Balaban J connectivity index is 1.27. The van der Waals surface area contributed by atoms with Crippen LogP contribution in [0.15, 0.2) is 144 Å². The number of hydrogen-bond acceptors (Lipinski definition) is 6. The third-order valence-electron chi connectivity index (χ3n) is 8.04. The summed E-state index contributed by atoms with van der Waals surface area (Å²) in [5, 5.41) is 9.59. The molecular weight excluding hydrogens is 596 g/mol. The van der Waals surface area contributed by atoms with Crippen LogP contribution in [0.3, 0.4) is 0 Å². The molecule has 1 heterocycles. The van der Waals surface area contributed by atoms with E-state index in [-0.39, 0.29) is 23.7 Å². The van der Waals surface area contributed by atoms with E-state index in [0.29, 0.717) is 24.2 Å². The van der Waals surface area contributed by atoms with Gasteiger partial charge in [-0.05, 0) is 46.5 Å². The van der Waals surface area contributed by atoms with Crippen LogP contribution in [0.2, 0.25) is 0 Å². The summed E-state index contributed by atoms with van der Waals surface area (Å²) >= 11 is 0. The van der Waals surface area contributed by atoms with Gasteiger partial charge in [0, 0.05) is 37.3 Å². The number of nitrogens with zero attached hydrogens (tertiary/aromatic N) is 1. The third kappa shape index (κ3) is 8.28. The van der Waals surface area contributed by atoms with Crippen LogP contribution < -0.4 is 4.72 Å². The van der Waals surface area contributed by atoms with Gasteiger partial charge in [0.15, 0.2) is 6.29 Å². The minimum absolute atomic E-state index is 0.0280. The van der Waals surface area contributed by atoms with Crippen molar-refractivity contribution in [3.05, 3.63) is 167 Å². The first-order valence-corrected chi connectivity index (χ1v) is 16.9. The predicted octanol–water partition coefficient (Wildman–Crippen LogP) is 7.23. The SMILES string of the molecule is O=S(=O)(Nc1cccc([C@H]2O[C@@H](CN(Cc3ccccc3)Cc3ccccc3)C[C@@H](c3ccc(CO)cc3)O2)c1)c1ccccc1. The van der Waals surface area contributed by atoms with Gasteiger partial charge < -0.3 is 14.6 Å². The second kappa shape index (κ2) is 14.9. The molecule has 0 aromatic heterocycles. The van der Waals surface area contributed by atoms with Gasteiger partial charge in [-0.2, -0.15) is 0 Å². The van der Waals surface area contributed by atoms with E-state index in [2.05, 4.69) is 58.2 Å². The van der Waals surface area contributed by atoms with Crippen LogP contribution in [0.5, 0.6) is 0 Å². The summed E-state index contributed by atoms with van der Waals surface area (Å²) in [6.07, 6.45) is -0.539. The Kier molecular flexibility index (Phi) is 10.2. The van der Waals surface area contributed by atoms with Crippen LogP contribution in [-0.4, -0.2) is 31.1 Å². The highest BCUT2D eigenvalue weighted by Gasteiger charge is 2.33. The standard InChI is InChI=1S/C38H38N2O5S/c41-28-31-19-21-32(22-20-31)37-24-35(27-40(25-29-11-4-1-5-12-29)26-30-13-6-2-7-14-30)44-38(45-37)33-15-10-16-34(23-33)39-46(42,43)36-17-8-3-9-18-36/h1-23,35,37-39,41H,24-28H2/t35-,37+,38+/m1/s1. The average molecular weight is 635 g/mol. The van der Waals surface area contributed by atoms with Gasteiger partial charge in [-0.1, -0.05) is 115 Å². The molecule has 5 aromatic carbocycles. The summed E-state index contributed by atoms with van der Waals surface area (Å²) in [6, 6.07) is 44.1. The van der Waals surface area contributed by atoms with Crippen LogP contribution in [0.1, 0.15) is 46.6 Å². The number of aliphatic hydroxyl groups is 1. The topological polar surface area (TPSA) is 88.1 Å². The predicted molar refractivity (Wildman–Crippen MR) is 179 cm³/mol. The number of ether oxygens (including phenoxy) is 2. The van der Waals surface area contributed by atoms with Crippen LogP contribution in [0.25, 0.3) is 0 Å². The van der Waals surface area contributed by atoms with Gasteiger partial charge in [0.05, 0.1) is 23.7 Å². The number of anilines is 1. The minimum atomic E-state index is -3.77. The summed E-state index contributed by atoms with van der Waals surface area (Å²) in [4.78, 5) is 2.59. The first kappa shape index (κ1) is 31.7. The number of hydrogen-bond donors (Lipinski definition) is 2. The van der Waals surface area contributed by atoms with E-state index in [0.717, 1.165) is 24.2 Å². The lowest BCUT2D eigenvalue weighted by Crippen LogP contribution is -2.39. The third-order valence-corrected chi connectivity index (χ3v) is 9.44. The summed E-state index contributed by atoms with van der Waals surface area (Å²) in [7, 11) is -3.77. The Hall–Kier alpha value is -4.31. The maximum Gasteiger partial charge on any atom is 0.261 e. The van der Waals surface area contributed by atoms with Crippen molar-refractivity contribution in [2.24, 2.45) is 0 Å². The molecule has 2 N–H and O–H groups in total. The largest absolute Gasteiger partial charge is 0.392 e. The molecule has 0 spiro atoms. The van der Waals surface area contributed by atoms with E-state index in [9.17, 15) is 13.5 Å². The fourth-order valence-corrected chi connectivity index (χ4v) is 6.82. The molecule has 0 radical (unpaired) electrons. The molecule has 8 heteroatoms. The van der Waals surface area contributed by atoms with Crippen LogP contribution >= 0.6 is 0 Å². The quantitative estimate of drug-likeness (QED) is 0.151. The number of sulfonamides is 1. The Bertz CT molecular complexity index is 1740. The van der Waals surface area contributed by atoms with Gasteiger partial charge in [0.25, 0.3) is 10.0 Å². The van der Waals surface area contributed by atoms with E-state index in [1.165, 1.54) is 11.1 Å². The van der Waals surface area contributed by atoms with Crippen LogP contribution in [-0.2, 0) is 39.2 Å². The second-order valence-electron chi connectivity index (χ2n) is 11.5. The van der Waals surface area contributed by atoms with Gasteiger partial charge >= 0.3 is 0 Å². The van der Waals surface area contributed by atoms with Crippen molar-refractivity contribution >= 4 is 15.7 Å². The molecule has 1 saturated heterocycles. The summed E-state index contributed by atoms with van der Waals surface area (Å²) in [5.41, 5.74) is 5.41. The fourth-order valence-electron chi connectivity index (χ4n) is 5.75. The zero-order valence-corrected chi connectivity index (χ0v) is 26.3. The highest BCUT2D eigenvalue weighted by Crippen LogP contribution is 2.39. The van der Waals surface area contributed by atoms with E-state index in [4.69, 9.17) is 9.47 Å². The number of aliphatic hydroxyl groups excluding tert-OH is 1. The molecule has 7 nitrogen and oxygen atoms in total. The maximum absolute atomic E-state index is 13.1. The first-order valence-electron chi connectivity index (χ1n) is 15.4. The maximum atomic E-state index is 13.1. The highest BCUT2D eigenvalue weighted by atomic mass is 32.2. The van der Waals surface area contributed by atoms with Crippen molar-refractivity contribution in [2.45, 2.75) is 49.5 Å². The van der Waals surface area contributed by atoms with Crippen LogP contribution in [0, 0.1) is 0 Å². The van der Waals surface area contributed by atoms with Crippen molar-refractivity contribution < 1.29 is 23.0 Å². The zero-order chi connectivity index (χ0) is 31.8. The highest BCUT2D eigenvalue weighted by molar-refractivity contribution is 7.92. The fraction of sp³-hybridized carbons (Fsp3) is 0.211. The van der Waals surface area contributed by atoms with Gasteiger partial charge in [0.2, 0.25) is 0 Å². The van der Waals surface area contributed by atoms with Gasteiger partial charge in [-0.25, -0.2) is 8.42 Å². The molecule has 0 bridgehead atoms. The van der Waals surface area contributed by atoms with Gasteiger partial charge in [0.1, 0.15) is 0 Å². The minimum Gasteiger partial charge on any atom is -0.392 e. The summed E-state index contributed by atoms with van der Waals surface area (Å²) in [5.74, 6) is 0. The summed E-state index contributed by atoms with van der Waals surface area (Å²) in [6.45, 7) is 2.15. The first-order chi connectivity index (χ1) is 22.4. The molecule has 46 heavy (non-hydrogen) atoms. The lowest BCUT2D eigenvalue weighted by atomic mass is 9.99. The van der Waals surface area contributed by atoms with Crippen molar-refractivity contribution in [3.8, 4) is 0 Å². The Morgan fingerprint density at radius 1 is 0.674 bits per heavy atom. The molecule has 236 valence electrons. The molecule has 1 fully saturated rings. The Morgan fingerprint density at radius 3 is 1.89 bits per heavy atom. The van der Waals surface area contributed by atoms with E-state index in [1.807, 2.05) is 42.5 Å². The van der Waals surface area contributed by atoms with E-state index in [1.54, 1.807) is 48.5 Å². The molecule has 3 atom stereocenters. The molecule has 1 aliphatic heterocycles.